The van der Waals surface area contributed by atoms with Crippen LogP contribution in [0.25, 0.3) is 0 Å². The van der Waals surface area contributed by atoms with Crippen LogP contribution in [0.2, 0.25) is 0 Å². The maximum absolute atomic E-state index is 12.3. The van der Waals surface area contributed by atoms with Gasteiger partial charge < -0.3 is 0 Å². The summed E-state index contributed by atoms with van der Waals surface area (Å²) >= 11 is 4.83. The van der Waals surface area contributed by atoms with Crippen molar-refractivity contribution in [2.45, 2.75) is 6.43 Å². The van der Waals surface area contributed by atoms with E-state index in [1.807, 2.05) is 0 Å². The summed E-state index contributed by atoms with van der Waals surface area (Å²) in [6.07, 6.45) is -2.66. The Morgan fingerprint density at radius 2 is 2.23 bits per heavy atom. The average molecular weight is 359 g/mol. The number of hydrogen-bond donors (Lipinski definition) is 0. The number of rotatable bonds is 1. The third-order valence-corrected chi connectivity index (χ3v) is 3.76. The van der Waals surface area contributed by atoms with Gasteiger partial charge in [-0.3, -0.25) is 0 Å². The fourth-order valence-corrected chi connectivity index (χ4v) is 1.65. The second kappa shape index (κ2) is 4.28. The molecule has 0 aromatic carbocycles. The minimum absolute atomic E-state index is 0.0115. The fraction of sp³-hybridized carbons (Fsp3) is 0.143. The van der Waals surface area contributed by atoms with E-state index in [1.165, 1.54) is 6.07 Å². The number of hydrogen-bond acceptors (Lipinski definition) is 2. The monoisotopic (exact) mass is 358 g/mol. The number of nitriles is 1. The van der Waals surface area contributed by atoms with Gasteiger partial charge >= 0.3 is 0 Å². The van der Waals surface area contributed by atoms with Gasteiger partial charge in [0.05, 0.1) is 3.57 Å². The van der Waals surface area contributed by atoms with Crippen LogP contribution >= 0.6 is 38.5 Å². The van der Waals surface area contributed by atoms with Crippen molar-refractivity contribution in [3.63, 3.8) is 0 Å². The predicted molar refractivity (Wildman–Crippen MR) is 54.3 cm³/mol. The Hall–Kier alpha value is -0.290. The summed E-state index contributed by atoms with van der Waals surface area (Å²) in [5.41, 5.74) is -0.367. The summed E-state index contributed by atoms with van der Waals surface area (Å²) in [5, 5.41) is 8.48. The van der Waals surface area contributed by atoms with Gasteiger partial charge in [0.2, 0.25) is 0 Å². The molecule has 1 aromatic heterocycles. The molecule has 1 aromatic rings. The molecule has 0 aliphatic carbocycles. The highest BCUT2D eigenvalue weighted by molar-refractivity contribution is 14.1. The Balaban J connectivity index is 3.35. The van der Waals surface area contributed by atoms with E-state index < -0.39 is 6.43 Å². The summed E-state index contributed by atoms with van der Waals surface area (Å²) in [7, 11) is 0. The lowest BCUT2D eigenvalue weighted by Crippen LogP contribution is -1.98. The third kappa shape index (κ3) is 2.34. The first-order valence-electron chi connectivity index (χ1n) is 3.10. The van der Waals surface area contributed by atoms with Gasteiger partial charge in [-0.1, -0.05) is 0 Å². The zero-order valence-corrected chi connectivity index (χ0v) is 9.80. The molecule has 0 aliphatic heterocycles. The summed E-state index contributed by atoms with van der Waals surface area (Å²) in [6.45, 7) is 0. The molecule has 0 aliphatic rings. The number of aromatic nitrogens is 1. The van der Waals surface area contributed by atoms with E-state index >= 15 is 0 Å². The molecule has 0 bridgehead atoms. The topological polar surface area (TPSA) is 36.7 Å². The van der Waals surface area contributed by atoms with E-state index in [9.17, 15) is 8.78 Å². The fourth-order valence-electron chi connectivity index (χ4n) is 0.719. The minimum Gasteiger partial charge on any atom is -0.235 e. The predicted octanol–water partition coefficient (Wildman–Crippen LogP) is 3.26. The Morgan fingerprint density at radius 1 is 1.62 bits per heavy atom. The van der Waals surface area contributed by atoms with Gasteiger partial charge in [-0.2, -0.15) is 5.26 Å². The van der Waals surface area contributed by atoms with Gasteiger partial charge in [0.15, 0.2) is 0 Å². The molecule has 1 rings (SSSR count). The molecule has 0 radical (unpaired) electrons. The van der Waals surface area contributed by atoms with Crippen molar-refractivity contribution in [1.29, 1.82) is 5.26 Å². The maximum atomic E-state index is 12.3. The standard InChI is InChI=1S/C7H2BrF2IN2/c8-4-1-3(2-12)13-6(5(4)11)7(9)10/h1,7H. The Kier molecular flexibility index (Phi) is 3.55. The quantitative estimate of drug-likeness (QED) is 0.722. The highest BCUT2D eigenvalue weighted by Gasteiger charge is 2.16. The molecule has 0 N–H and O–H groups in total. The largest absolute Gasteiger partial charge is 0.281 e. The molecule has 0 saturated heterocycles. The molecule has 1 heterocycles. The third-order valence-electron chi connectivity index (χ3n) is 1.26. The smallest absolute Gasteiger partial charge is 0.235 e. The summed E-state index contributed by atoms with van der Waals surface area (Å²) in [5.74, 6) is 0. The van der Waals surface area contributed by atoms with Gasteiger partial charge in [0.1, 0.15) is 17.5 Å². The van der Waals surface area contributed by atoms with E-state index in [2.05, 4.69) is 20.9 Å². The lowest BCUT2D eigenvalue weighted by Gasteiger charge is -2.04. The second-order valence-corrected chi connectivity index (χ2v) is 4.03. The van der Waals surface area contributed by atoms with E-state index in [1.54, 1.807) is 28.7 Å². The number of nitrogens with zero attached hydrogens (tertiary/aromatic N) is 2. The lowest BCUT2D eigenvalue weighted by atomic mass is 10.3. The summed E-state index contributed by atoms with van der Waals surface area (Å²) in [4.78, 5) is 3.50. The Bertz CT molecular complexity index is 375. The lowest BCUT2D eigenvalue weighted by molar-refractivity contribution is 0.145. The van der Waals surface area contributed by atoms with E-state index in [0.717, 1.165) is 0 Å². The van der Waals surface area contributed by atoms with Crippen LogP contribution in [0.5, 0.6) is 0 Å². The van der Waals surface area contributed by atoms with Gasteiger partial charge in [-0.15, -0.1) is 0 Å². The van der Waals surface area contributed by atoms with Crippen LogP contribution < -0.4 is 0 Å². The van der Waals surface area contributed by atoms with Crippen LogP contribution in [0.15, 0.2) is 10.5 Å². The van der Waals surface area contributed by atoms with Crippen molar-refractivity contribution in [2.75, 3.05) is 0 Å². The Labute approximate surface area is 95.2 Å². The molecule has 0 fully saturated rings. The van der Waals surface area contributed by atoms with Gasteiger partial charge in [-0.25, -0.2) is 13.8 Å². The molecule has 0 saturated carbocycles. The molecule has 6 heteroatoms. The highest BCUT2D eigenvalue weighted by Crippen LogP contribution is 2.28. The normalized spacial score (nSPS) is 10.2. The van der Waals surface area contributed by atoms with Gasteiger partial charge in [0.25, 0.3) is 6.43 Å². The van der Waals surface area contributed by atoms with Crippen molar-refractivity contribution in [3.05, 3.63) is 25.5 Å². The van der Waals surface area contributed by atoms with E-state index in [4.69, 9.17) is 5.26 Å². The Morgan fingerprint density at radius 3 is 2.69 bits per heavy atom. The highest BCUT2D eigenvalue weighted by atomic mass is 127. The molecular weight excluding hydrogens is 357 g/mol. The molecule has 0 amide bonds. The van der Waals surface area contributed by atoms with Crippen LogP contribution in [0, 0.1) is 14.9 Å². The van der Waals surface area contributed by atoms with E-state index in [0.29, 0.717) is 8.04 Å². The number of pyridine rings is 1. The molecule has 0 spiro atoms. The number of alkyl halides is 2. The minimum atomic E-state index is -2.66. The van der Waals surface area contributed by atoms with Crippen molar-refractivity contribution in [1.82, 2.24) is 4.98 Å². The summed E-state index contributed by atoms with van der Waals surface area (Å²) in [6, 6.07) is 3.12. The molecule has 13 heavy (non-hydrogen) atoms. The SMILES string of the molecule is N#Cc1cc(Br)c(I)c(C(F)F)n1. The first kappa shape index (κ1) is 10.8. The van der Waals surface area contributed by atoms with Crippen molar-refractivity contribution >= 4 is 38.5 Å². The van der Waals surface area contributed by atoms with Crippen molar-refractivity contribution < 1.29 is 8.78 Å². The number of halogens is 4. The summed E-state index contributed by atoms with van der Waals surface area (Å²) < 4.78 is 25.5. The first-order chi connectivity index (χ1) is 6.06. The van der Waals surface area contributed by atoms with Crippen LogP contribution in [-0.2, 0) is 0 Å². The zero-order chi connectivity index (χ0) is 10.0. The molecule has 2 nitrogen and oxygen atoms in total. The molecule has 68 valence electrons. The van der Waals surface area contributed by atoms with E-state index in [-0.39, 0.29) is 11.4 Å². The molecule has 0 atom stereocenters. The van der Waals surface area contributed by atoms with Gasteiger partial charge in [-0.05, 0) is 44.6 Å². The molecule has 0 unspecified atom stereocenters. The maximum Gasteiger partial charge on any atom is 0.281 e. The van der Waals surface area contributed by atoms with Crippen LogP contribution in [0.1, 0.15) is 17.8 Å². The van der Waals surface area contributed by atoms with Crippen LogP contribution in [-0.4, -0.2) is 4.98 Å². The average Bonchev–Trinajstić information content (AvgIpc) is 2.09. The van der Waals surface area contributed by atoms with Crippen molar-refractivity contribution in [3.8, 4) is 6.07 Å². The van der Waals surface area contributed by atoms with Gasteiger partial charge in [0, 0.05) is 4.47 Å². The van der Waals surface area contributed by atoms with Crippen LogP contribution in [0.3, 0.4) is 0 Å². The zero-order valence-electron chi connectivity index (χ0n) is 6.06. The van der Waals surface area contributed by atoms with Crippen LogP contribution in [0.4, 0.5) is 8.78 Å². The van der Waals surface area contributed by atoms with Crippen molar-refractivity contribution in [2.24, 2.45) is 0 Å². The first-order valence-corrected chi connectivity index (χ1v) is 4.97. The second-order valence-electron chi connectivity index (χ2n) is 2.10. The molecular formula is C7H2BrF2IN2.